The summed E-state index contributed by atoms with van der Waals surface area (Å²) >= 11 is 0. The largest absolute Gasteiger partial charge is 0.294 e. The van der Waals surface area contributed by atoms with Gasteiger partial charge < -0.3 is 0 Å². The SMILES string of the molecule is c1ccc(-c2nc(-c3cccc4c(-n5c6ccccc6c6c7ccccc7c7nc8ccccc8n7c65)cccc34)nc3c4ccccc4c4ccccc4c23)cc1. The molecule has 9 aromatic carbocycles. The summed E-state index contributed by atoms with van der Waals surface area (Å²) < 4.78 is 4.81. The first-order chi connectivity index (χ1) is 28.8. The molecule has 0 bridgehead atoms. The Kier molecular flexibility index (Phi) is 6.38. The lowest BCUT2D eigenvalue weighted by molar-refractivity contribution is 1.13. The van der Waals surface area contributed by atoms with Crippen LogP contribution in [0.2, 0.25) is 0 Å². The molecule has 13 aromatic rings. The number of pyridine rings is 1. The number of para-hydroxylation sites is 3. The van der Waals surface area contributed by atoms with Crippen molar-refractivity contribution in [1.82, 2.24) is 23.9 Å². The maximum absolute atomic E-state index is 5.52. The predicted octanol–water partition coefficient (Wildman–Crippen LogP) is 13.5. The van der Waals surface area contributed by atoms with Crippen LogP contribution in [0.15, 0.2) is 188 Å². The van der Waals surface area contributed by atoms with Crippen LogP contribution in [0.4, 0.5) is 0 Å². The third kappa shape index (κ3) is 4.22. The second-order valence-electron chi connectivity index (χ2n) is 15.1. The minimum absolute atomic E-state index is 0.700. The molecule has 5 nitrogen and oxygen atoms in total. The number of fused-ring (bicyclic) bond motifs is 17. The van der Waals surface area contributed by atoms with Gasteiger partial charge in [0.1, 0.15) is 11.3 Å². The van der Waals surface area contributed by atoms with E-state index >= 15 is 0 Å². The Labute approximate surface area is 331 Å². The smallest absolute Gasteiger partial charge is 0.161 e. The minimum atomic E-state index is 0.700. The van der Waals surface area contributed by atoms with Crippen LogP contribution in [-0.4, -0.2) is 23.9 Å². The molecule has 0 aliphatic rings. The monoisotopic (exact) mass is 737 g/mol. The molecule has 5 heteroatoms. The lowest BCUT2D eigenvalue weighted by Crippen LogP contribution is -2.01. The molecular formula is C53H31N5. The molecule has 58 heavy (non-hydrogen) atoms. The molecule has 0 fully saturated rings. The molecule has 0 aliphatic heterocycles. The van der Waals surface area contributed by atoms with Gasteiger partial charge in [0, 0.05) is 43.4 Å². The van der Waals surface area contributed by atoms with Crippen LogP contribution in [0, 0.1) is 0 Å². The van der Waals surface area contributed by atoms with Crippen molar-refractivity contribution in [3.05, 3.63) is 188 Å². The van der Waals surface area contributed by atoms with Gasteiger partial charge in [-0.3, -0.25) is 8.97 Å². The Morgan fingerprint density at radius 3 is 1.76 bits per heavy atom. The molecule has 0 radical (unpaired) electrons. The summed E-state index contributed by atoms with van der Waals surface area (Å²) in [5, 5.41) is 12.7. The van der Waals surface area contributed by atoms with E-state index in [0.717, 1.165) is 88.2 Å². The van der Waals surface area contributed by atoms with E-state index < -0.39 is 0 Å². The van der Waals surface area contributed by atoms with Gasteiger partial charge in [0.05, 0.1) is 33.4 Å². The van der Waals surface area contributed by atoms with E-state index in [2.05, 4.69) is 197 Å². The van der Waals surface area contributed by atoms with Crippen molar-refractivity contribution in [1.29, 1.82) is 0 Å². The molecule has 0 aliphatic carbocycles. The maximum Gasteiger partial charge on any atom is 0.161 e. The number of hydrogen-bond acceptors (Lipinski definition) is 3. The van der Waals surface area contributed by atoms with Crippen molar-refractivity contribution in [3.63, 3.8) is 0 Å². The van der Waals surface area contributed by atoms with Crippen molar-refractivity contribution >= 4 is 92.6 Å². The summed E-state index contributed by atoms with van der Waals surface area (Å²) in [6, 6.07) is 67.0. The van der Waals surface area contributed by atoms with Gasteiger partial charge in [-0.05, 0) is 51.2 Å². The Bertz CT molecular complexity index is 3860. The van der Waals surface area contributed by atoms with Crippen LogP contribution in [-0.2, 0) is 0 Å². The zero-order valence-electron chi connectivity index (χ0n) is 31.1. The van der Waals surface area contributed by atoms with Crippen molar-refractivity contribution < 1.29 is 0 Å². The van der Waals surface area contributed by atoms with Crippen molar-refractivity contribution in [3.8, 4) is 28.3 Å². The zero-order chi connectivity index (χ0) is 37.9. The molecule has 0 saturated carbocycles. The van der Waals surface area contributed by atoms with E-state index in [1.54, 1.807) is 0 Å². The van der Waals surface area contributed by atoms with E-state index in [0.29, 0.717) is 5.82 Å². The number of imidazole rings is 1. The number of nitrogens with zero attached hydrogens (tertiary/aromatic N) is 5. The molecule has 0 amide bonds. The van der Waals surface area contributed by atoms with Gasteiger partial charge in [0.2, 0.25) is 0 Å². The molecule has 13 rings (SSSR count). The number of benzene rings is 9. The highest BCUT2D eigenvalue weighted by Gasteiger charge is 2.24. The van der Waals surface area contributed by atoms with Crippen LogP contribution in [0.25, 0.3) is 121 Å². The summed E-state index contributed by atoms with van der Waals surface area (Å²) in [6.45, 7) is 0. The second kappa shape index (κ2) is 11.8. The van der Waals surface area contributed by atoms with Gasteiger partial charge in [-0.1, -0.05) is 164 Å². The Balaban J connectivity index is 1.16. The standard InChI is InChI=1S/C53H31N5/c1-2-16-32(17-3-1)49-48-37-20-6-4-18-33(37)34-19-5-8-22-39(34)50(48)56-51(55-49)40-27-14-26-36-35(40)25-15-31-44(36)57-45-29-12-10-24-42(45)47-38-21-7-9-23-41(38)52-54-43-28-11-13-30-46(43)58(52)53(47)57/h1-31H. The first-order valence-electron chi connectivity index (χ1n) is 19.7. The Morgan fingerprint density at radius 2 is 0.948 bits per heavy atom. The average Bonchev–Trinajstić information content (AvgIpc) is 3.85. The highest BCUT2D eigenvalue weighted by Crippen LogP contribution is 2.44. The summed E-state index contributed by atoms with van der Waals surface area (Å²) in [4.78, 5) is 16.3. The first kappa shape index (κ1) is 31.3. The highest BCUT2D eigenvalue weighted by atomic mass is 15.1. The molecule has 0 saturated heterocycles. The molecule has 4 aromatic heterocycles. The third-order valence-corrected chi connectivity index (χ3v) is 12.1. The van der Waals surface area contributed by atoms with Crippen molar-refractivity contribution in [2.45, 2.75) is 0 Å². The number of hydrogen-bond donors (Lipinski definition) is 0. The second-order valence-corrected chi connectivity index (χ2v) is 15.1. The van der Waals surface area contributed by atoms with E-state index in [-0.39, 0.29) is 0 Å². The number of aromatic nitrogens is 5. The molecule has 0 unspecified atom stereocenters. The van der Waals surface area contributed by atoms with Gasteiger partial charge in [-0.25, -0.2) is 15.0 Å². The fraction of sp³-hybridized carbons (Fsp3) is 0. The van der Waals surface area contributed by atoms with Crippen LogP contribution >= 0.6 is 0 Å². The van der Waals surface area contributed by atoms with Gasteiger partial charge in [0.25, 0.3) is 0 Å². The van der Waals surface area contributed by atoms with E-state index in [1.807, 2.05) is 0 Å². The normalized spacial score (nSPS) is 12.1. The summed E-state index contributed by atoms with van der Waals surface area (Å²) in [7, 11) is 0. The highest BCUT2D eigenvalue weighted by molar-refractivity contribution is 6.27. The van der Waals surface area contributed by atoms with Gasteiger partial charge >= 0.3 is 0 Å². The summed E-state index contributed by atoms with van der Waals surface area (Å²) in [6.07, 6.45) is 0. The van der Waals surface area contributed by atoms with Gasteiger partial charge in [0.15, 0.2) is 5.82 Å². The van der Waals surface area contributed by atoms with Crippen molar-refractivity contribution in [2.24, 2.45) is 0 Å². The molecule has 0 spiro atoms. The Hall–Kier alpha value is -7.89. The van der Waals surface area contributed by atoms with Crippen molar-refractivity contribution in [2.75, 3.05) is 0 Å². The van der Waals surface area contributed by atoms with E-state index in [9.17, 15) is 0 Å². The third-order valence-electron chi connectivity index (χ3n) is 12.1. The van der Waals surface area contributed by atoms with Crippen LogP contribution in [0.3, 0.4) is 0 Å². The minimum Gasteiger partial charge on any atom is -0.294 e. The van der Waals surface area contributed by atoms with Crippen LogP contribution in [0.5, 0.6) is 0 Å². The zero-order valence-corrected chi connectivity index (χ0v) is 31.1. The predicted molar refractivity (Wildman–Crippen MR) is 241 cm³/mol. The van der Waals surface area contributed by atoms with E-state index in [4.69, 9.17) is 15.0 Å². The molecule has 268 valence electrons. The molecule has 4 heterocycles. The van der Waals surface area contributed by atoms with E-state index in [1.165, 1.54) is 26.9 Å². The molecule has 0 atom stereocenters. The lowest BCUT2D eigenvalue weighted by Gasteiger charge is -2.17. The maximum atomic E-state index is 5.52. The van der Waals surface area contributed by atoms with Gasteiger partial charge in [-0.15, -0.1) is 0 Å². The quantitative estimate of drug-likeness (QED) is 0.170. The fourth-order valence-corrected chi connectivity index (χ4v) is 9.64. The topological polar surface area (TPSA) is 48.0 Å². The summed E-state index contributed by atoms with van der Waals surface area (Å²) in [5.74, 6) is 0.700. The van der Waals surface area contributed by atoms with Crippen LogP contribution in [0.1, 0.15) is 0 Å². The fourth-order valence-electron chi connectivity index (χ4n) is 9.64. The lowest BCUT2D eigenvalue weighted by atomic mass is 9.94. The van der Waals surface area contributed by atoms with Crippen LogP contribution < -0.4 is 0 Å². The molecular weight excluding hydrogens is 707 g/mol. The Morgan fingerprint density at radius 1 is 0.362 bits per heavy atom. The number of rotatable bonds is 3. The summed E-state index contributed by atoms with van der Waals surface area (Å²) in [5.41, 5.74) is 10.2. The average molecular weight is 738 g/mol. The first-order valence-corrected chi connectivity index (χ1v) is 19.7. The van der Waals surface area contributed by atoms with Gasteiger partial charge in [-0.2, -0.15) is 0 Å². The molecule has 0 N–H and O–H groups in total.